The van der Waals surface area contributed by atoms with E-state index >= 15 is 0 Å². The molecule has 0 heterocycles. The standard InChI is InChI=1S/C2H2F2O3S/c3-2(4,1-5)8(6)7/h1H,(H,6,7). The van der Waals surface area contributed by atoms with Gasteiger partial charge in [0.15, 0.2) is 0 Å². The maximum absolute atomic E-state index is 11.4. The Balaban J connectivity index is 4.12. The third-order valence-electron chi connectivity index (χ3n) is 0.370. The van der Waals surface area contributed by atoms with Gasteiger partial charge in [-0.2, -0.15) is 8.78 Å². The topological polar surface area (TPSA) is 54.4 Å². The van der Waals surface area contributed by atoms with E-state index in [-0.39, 0.29) is 0 Å². The first-order valence-corrected chi connectivity index (χ1v) is 2.56. The molecule has 1 atom stereocenters. The average Bonchev–Trinajstić information content (AvgIpc) is 1.67. The van der Waals surface area contributed by atoms with Crippen molar-refractivity contribution in [3.63, 3.8) is 0 Å². The average molecular weight is 144 g/mol. The van der Waals surface area contributed by atoms with Gasteiger partial charge in [0, 0.05) is 0 Å². The fourth-order valence-corrected chi connectivity index (χ4v) is 0.123. The smallest absolute Gasteiger partial charge is 0.301 e. The first-order chi connectivity index (χ1) is 3.50. The van der Waals surface area contributed by atoms with Crippen LogP contribution in [0.3, 0.4) is 0 Å². The second-order valence-corrected chi connectivity index (χ2v) is 1.97. The molecule has 0 spiro atoms. The van der Waals surface area contributed by atoms with Gasteiger partial charge in [-0.15, -0.1) is 0 Å². The predicted molar refractivity (Wildman–Crippen MR) is 21.8 cm³/mol. The van der Waals surface area contributed by atoms with Crippen molar-refractivity contribution in [2.45, 2.75) is 5.25 Å². The van der Waals surface area contributed by atoms with Gasteiger partial charge in [-0.25, -0.2) is 4.21 Å². The zero-order valence-electron chi connectivity index (χ0n) is 3.51. The number of carbonyl (C=O) groups excluding carboxylic acids is 1. The molecule has 0 aromatic rings. The lowest BCUT2D eigenvalue weighted by atomic mass is 10.8. The summed E-state index contributed by atoms with van der Waals surface area (Å²) in [7, 11) is 0. The van der Waals surface area contributed by atoms with E-state index in [4.69, 9.17) is 9.35 Å². The van der Waals surface area contributed by atoms with Crippen molar-refractivity contribution in [1.29, 1.82) is 0 Å². The van der Waals surface area contributed by atoms with Crippen LogP contribution in [0.15, 0.2) is 0 Å². The molecule has 0 aromatic heterocycles. The first kappa shape index (κ1) is 7.64. The van der Waals surface area contributed by atoms with Gasteiger partial charge in [-0.1, -0.05) is 0 Å². The van der Waals surface area contributed by atoms with Crippen molar-refractivity contribution >= 4 is 17.4 Å². The summed E-state index contributed by atoms with van der Waals surface area (Å²) >= 11 is -3.38. The molecular weight excluding hydrogens is 142 g/mol. The van der Waals surface area contributed by atoms with E-state index in [2.05, 4.69) is 0 Å². The lowest BCUT2D eigenvalue weighted by molar-refractivity contribution is -0.120. The summed E-state index contributed by atoms with van der Waals surface area (Å²) in [5.74, 6) is 0. The molecule has 0 radical (unpaired) electrons. The number of alkyl halides is 2. The van der Waals surface area contributed by atoms with E-state index in [0.717, 1.165) is 0 Å². The largest absolute Gasteiger partial charge is 0.399 e. The molecule has 8 heavy (non-hydrogen) atoms. The molecule has 48 valence electrons. The number of hydrogen-bond donors (Lipinski definition) is 1. The molecule has 0 rings (SSSR count). The van der Waals surface area contributed by atoms with Crippen LogP contribution in [0.25, 0.3) is 0 Å². The molecule has 0 saturated carbocycles. The van der Waals surface area contributed by atoms with Crippen LogP contribution in [0.2, 0.25) is 0 Å². The molecule has 0 aliphatic heterocycles. The van der Waals surface area contributed by atoms with Crippen LogP contribution in [0.4, 0.5) is 8.78 Å². The van der Waals surface area contributed by atoms with Gasteiger partial charge in [-0.05, 0) is 0 Å². The fourth-order valence-electron chi connectivity index (χ4n) is 0.0412. The quantitative estimate of drug-likeness (QED) is 0.438. The maximum Gasteiger partial charge on any atom is 0.399 e. The lowest BCUT2D eigenvalue weighted by Crippen LogP contribution is -2.23. The van der Waals surface area contributed by atoms with Crippen molar-refractivity contribution in [2.75, 3.05) is 0 Å². The van der Waals surface area contributed by atoms with Gasteiger partial charge in [0.1, 0.15) is 0 Å². The first-order valence-electron chi connectivity index (χ1n) is 1.46. The van der Waals surface area contributed by atoms with Crippen molar-refractivity contribution < 1.29 is 22.3 Å². The number of hydrogen-bond acceptors (Lipinski definition) is 2. The van der Waals surface area contributed by atoms with E-state index in [0.29, 0.717) is 0 Å². The molecular formula is C2H2F2O3S. The molecule has 6 heteroatoms. The summed E-state index contributed by atoms with van der Waals surface area (Å²) < 4.78 is 39.7. The van der Waals surface area contributed by atoms with Crippen LogP contribution in [-0.4, -0.2) is 20.3 Å². The van der Waals surface area contributed by atoms with E-state index < -0.39 is 22.6 Å². The fraction of sp³-hybridized carbons (Fsp3) is 0.500. The van der Waals surface area contributed by atoms with Crippen LogP contribution in [0.5, 0.6) is 0 Å². The van der Waals surface area contributed by atoms with Gasteiger partial charge in [-0.3, -0.25) is 4.79 Å². The van der Waals surface area contributed by atoms with Crippen molar-refractivity contribution in [3.8, 4) is 0 Å². The van der Waals surface area contributed by atoms with Gasteiger partial charge >= 0.3 is 5.25 Å². The second-order valence-electron chi connectivity index (χ2n) is 0.929. The van der Waals surface area contributed by atoms with E-state index in [9.17, 15) is 13.0 Å². The Bertz CT molecular complexity index is 122. The summed E-state index contributed by atoms with van der Waals surface area (Å²) in [5, 5.41) is -4.11. The monoisotopic (exact) mass is 144 g/mol. The van der Waals surface area contributed by atoms with Gasteiger partial charge in [0.2, 0.25) is 17.4 Å². The normalized spacial score (nSPS) is 15.4. The Labute approximate surface area is 46.0 Å². The predicted octanol–water partition coefficient (Wildman–Crippen LogP) is -0.000200. The van der Waals surface area contributed by atoms with Crippen LogP contribution < -0.4 is 0 Å². The molecule has 0 fully saturated rings. The molecule has 0 aromatic carbocycles. The summed E-state index contributed by atoms with van der Waals surface area (Å²) in [6.45, 7) is 0. The molecule has 3 nitrogen and oxygen atoms in total. The Morgan fingerprint density at radius 1 is 1.62 bits per heavy atom. The van der Waals surface area contributed by atoms with E-state index in [1.807, 2.05) is 0 Å². The van der Waals surface area contributed by atoms with Gasteiger partial charge < -0.3 is 4.55 Å². The number of halogens is 2. The Kier molecular flexibility index (Phi) is 2.17. The molecule has 0 saturated heterocycles. The minimum Gasteiger partial charge on any atom is -0.301 e. The molecule has 0 aliphatic carbocycles. The number of aldehydes is 1. The molecule has 1 unspecified atom stereocenters. The summed E-state index contributed by atoms with van der Waals surface area (Å²) in [4.78, 5) is 9.16. The van der Waals surface area contributed by atoms with Crippen molar-refractivity contribution in [1.82, 2.24) is 0 Å². The van der Waals surface area contributed by atoms with E-state index in [1.54, 1.807) is 0 Å². The zero-order chi connectivity index (χ0) is 6.78. The molecule has 0 bridgehead atoms. The summed E-state index contributed by atoms with van der Waals surface area (Å²) in [6, 6.07) is 0. The SMILES string of the molecule is O=CC(F)(F)S(=O)O. The Morgan fingerprint density at radius 2 is 2.00 bits per heavy atom. The highest BCUT2D eigenvalue weighted by Gasteiger charge is 2.35. The third kappa shape index (κ3) is 1.63. The highest BCUT2D eigenvalue weighted by molar-refractivity contribution is 7.81. The van der Waals surface area contributed by atoms with Crippen LogP contribution in [0, 0.1) is 0 Å². The van der Waals surface area contributed by atoms with Crippen molar-refractivity contribution in [2.24, 2.45) is 0 Å². The van der Waals surface area contributed by atoms with Crippen LogP contribution in [-0.2, 0) is 15.9 Å². The van der Waals surface area contributed by atoms with E-state index in [1.165, 1.54) is 0 Å². The Hall–Kier alpha value is -0.360. The zero-order valence-corrected chi connectivity index (χ0v) is 4.32. The number of carbonyl (C=O) groups is 1. The van der Waals surface area contributed by atoms with Gasteiger partial charge in [0.25, 0.3) is 0 Å². The second kappa shape index (κ2) is 2.27. The molecule has 1 N–H and O–H groups in total. The summed E-state index contributed by atoms with van der Waals surface area (Å²) in [5.41, 5.74) is 0. The molecule has 0 aliphatic rings. The van der Waals surface area contributed by atoms with Crippen LogP contribution >= 0.6 is 0 Å². The Morgan fingerprint density at radius 3 is 2.00 bits per heavy atom. The minimum atomic E-state index is -4.11. The van der Waals surface area contributed by atoms with Crippen molar-refractivity contribution in [3.05, 3.63) is 0 Å². The van der Waals surface area contributed by atoms with Gasteiger partial charge in [0.05, 0.1) is 0 Å². The summed E-state index contributed by atoms with van der Waals surface area (Å²) in [6.07, 6.45) is -0.872. The highest BCUT2D eigenvalue weighted by atomic mass is 32.2. The van der Waals surface area contributed by atoms with Crippen LogP contribution in [0.1, 0.15) is 0 Å². The maximum atomic E-state index is 11.4. The molecule has 0 amide bonds. The number of rotatable bonds is 2. The lowest BCUT2D eigenvalue weighted by Gasteiger charge is -1.98. The minimum absolute atomic E-state index is 0.872. The highest BCUT2D eigenvalue weighted by Crippen LogP contribution is 2.11. The third-order valence-corrected chi connectivity index (χ3v) is 0.932.